The first kappa shape index (κ1) is 18.7. The summed E-state index contributed by atoms with van der Waals surface area (Å²) in [5.41, 5.74) is 4.36. The summed E-state index contributed by atoms with van der Waals surface area (Å²) in [6.07, 6.45) is 1.50. The van der Waals surface area contributed by atoms with Gasteiger partial charge < -0.3 is 5.84 Å². The third kappa shape index (κ3) is 4.74. The Kier molecular flexibility index (Phi) is 5.89. The van der Waals surface area contributed by atoms with Gasteiger partial charge in [-0.25, -0.2) is 10.1 Å². The third-order valence-electron chi connectivity index (χ3n) is 3.46. The van der Waals surface area contributed by atoms with E-state index in [2.05, 4.69) is 20.7 Å². The maximum atomic E-state index is 10.6. The Morgan fingerprint density at radius 1 is 1.26 bits per heavy atom. The SMILES string of the molecule is Nn1c(N/N=C/c2ccc([N+](=O)[O-])cc2)nnc1SCc1ccccc1Cl. The van der Waals surface area contributed by atoms with Crippen LogP contribution in [0.15, 0.2) is 58.8 Å². The van der Waals surface area contributed by atoms with Crippen LogP contribution in [0.5, 0.6) is 0 Å². The molecule has 9 nitrogen and oxygen atoms in total. The molecule has 0 amide bonds. The Balaban J connectivity index is 1.60. The zero-order valence-electron chi connectivity index (χ0n) is 13.8. The minimum atomic E-state index is -0.460. The summed E-state index contributed by atoms with van der Waals surface area (Å²) in [4.78, 5) is 10.2. The lowest BCUT2D eigenvalue weighted by molar-refractivity contribution is -0.384. The number of nitro benzene ring substituents is 1. The van der Waals surface area contributed by atoms with Crippen LogP contribution in [-0.4, -0.2) is 26.0 Å². The summed E-state index contributed by atoms with van der Waals surface area (Å²) in [7, 11) is 0. The summed E-state index contributed by atoms with van der Waals surface area (Å²) >= 11 is 7.53. The third-order valence-corrected chi connectivity index (χ3v) is 4.82. The largest absolute Gasteiger partial charge is 0.334 e. The first-order valence-electron chi connectivity index (χ1n) is 7.65. The number of anilines is 1. The first-order chi connectivity index (χ1) is 13.0. The molecular formula is C16H14ClN7O2S. The van der Waals surface area contributed by atoms with Gasteiger partial charge in [-0.15, -0.1) is 10.2 Å². The fourth-order valence-electron chi connectivity index (χ4n) is 2.06. The lowest BCUT2D eigenvalue weighted by Crippen LogP contribution is -2.13. The quantitative estimate of drug-likeness (QED) is 0.204. The highest BCUT2D eigenvalue weighted by molar-refractivity contribution is 7.98. The highest BCUT2D eigenvalue weighted by Crippen LogP contribution is 2.25. The van der Waals surface area contributed by atoms with Crippen LogP contribution >= 0.6 is 23.4 Å². The van der Waals surface area contributed by atoms with E-state index < -0.39 is 4.92 Å². The predicted molar refractivity (Wildman–Crippen MR) is 105 cm³/mol. The van der Waals surface area contributed by atoms with Gasteiger partial charge in [-0.2, -0.15) is 5.10 Å². The van der Waals surface area contributed by atoms with E-state index in [1.165, 1.54) is 34.8 Å². The van der Waals surface area contributed by atoms with E-state index in [0.29, 0.717) is 21.5 Å². The number of rotatable bonds is 7. The summed E-state index contributed by atoms with van der Waals surface area (Å²) in [5, 5.41) is 23.8. The molecule has 138 valence electrons. The number of halogens is 1. The molecule has 0 fully saturated rings. The van der Waals surface area contributed by atoms with Crippen molar-refractivity contribution in [2.45, 2.75) is 10.9 Å². The molecule has 0 aliphatic heterocycles. The molecule has 3 aromatic rings. The molecular weight excluding hydrogens is 390 g/mol. The normalized spacial score (nSPS) is 11.0. The van der Waals surface area contributed by atoms with Gasteiger partial charge in [0.25, 0.3) is 11.6 Å². The van der Waals surface area contributed by atoms with Crippen LogP contribution < -0.4 is 11.3 Å². The average molecular weight is 404 g/mol. The Morgan fingerprint density at radius 2 is 2.00 bits per heavy atom. The number of non-ortho nitro benzene ring substituents is 1. The summed E-state index contributed by atoms with van der Waals surface area (Å²) in [6.45, 7) is 0. The second kappa shape index (κ2) is 8.52. The molecule has 1 aromatic heterocycles. The molecule has 0 spiro atoms. The van der Waals surface area contributed by atoms with E-state index in [-0.39, 0.29) is 11.6 Å². The van der Waals surface area contributed by atoms with Crippen molar-refractivity contribution in [3.05, 3.63) is 74.8 Å². The molecule has 0 saturated carbocycles. The van der Waals surface area contributed by atoms with Crippen LogP contribution in [0.2, 0.25) is 5.02 Å². The zero-order chi connectivity index (χ0) is 19.2. The number of nitrogen functional groups attached to an aromatic ring is 1. The minimum Gasteiger partial charge on any atom is -0.334 e. The van der Waals surface area contributed by atoms with E-state index in [0.717, 1.165) is 5.56 Å². The molecule has 27 heavy (non-hydrogen) atoms. The van der Waals surface area contributed by atoms with Gasteiger partial charge in [0, 0.05) is 22.9 Å². The minimum absolute atomic E-state index is 0.0157. The standard InChI is InChI=1S/C16H14ClN7O2S/c17-14-4-2-1-3-12(14)10-27-16-22-21-15(23(16)18)20-19-9-11-5-7-13(8-6-11)24(25)26/h1-9H,10,18H2,(H,20,21)/b19-9+. The van der Waals surface area contributed by atoms with Crippen molar-refractivity contribution < 1.29 is 4.92 Å². The molecule has 0 aliphatic rings. The van der Waals surface area contributed by atoms with Crippen molar-refractivity contribution in [1.82, 2.24) is 14.9 Å². The van der Waals surface area contributed by atoms with Crippen LogP contribution in [0.1, 0.15) is 11.1 Å². The smallest absolute Gasteiger partial charge is 0.269 e. The molecule has 0 aliphatic carbocycles. The van der Waals surface area contributed by atoms with Crippen molar-refractivity contribution in [3.8, 4) is 0 Å². The Morgan fingerprint density at radius 3 is 2.70 bits per heavy atom. The topological polar surface area (TPSA) is 124 Å². The fraction of sp³-hybridized carbons (Fsp3) is 0.0625. The molecule has 0 unspecified atom stereocenters. The van der Waals surface area contributed by atoms with Crippen molar-refractivity contribution in [3.63, 3.8) is 0 Å². The van der Waals surface area contributed by atoms with Gasteiger partial charge in [-0.05, 0) is 29.3 Å². The van der Waals surface area contributed by atoms with Crippen LogP contribution in [-0.2, 0) is 5.75 Å². The molecule has 0 atom stereocenters. The highest BCUT2D eigenvalue weighted by Gasteiger charge is 2.10. The number of nitrogens with zero attached hydrogens (tertiary/aromatic N) is 5. The van der Waals surface area contributed by atoms with Gasteiger partial charge in [0.15, 0.2) is 0 Å². The van der Waals surface area contributed by atoms with Gasteiger partial charge in [0.05, 0.1) is 11.1 Å². The highest BCUT2D eigenvalue weighted by atomic mass is 35.5. The zero-order valence-corrected chi connectivity index (χ0v) is 15.4. The average Bonchev–Trinajstić information content (AvgIpc) is 3.01. The monoisotopic (exact) mass is 403 g/mol. The van der Waals surface area contributed by atoms with Crippen molar-refractivity contribution >= 4 is 41.2 Å². The first-order valence-corrected chi connectivity index (χ1v) is 9.01. The summed E-state index contributed by atoms with van der Waals surface area (Å²) < 4.78 is 1.29. The number of hydrogen-bond donors (Lipinski definition) is 2. The van der Waals surface area contributed by atoms with Crippen molar-refractivity contribution in [2.75, 3.05) is 11.3 Å². The number of nitro groups is 1. The van der Waals surface area contributed by atoms with E-state index in [1.54, 1.807) is 12.1 Å². The number of benzene rings is 2. The number of thioether (sulfide) groups is 1. The molecule has 1 heterocycles. The number of aromatic nitrogens is 3. The van der Waals surface area contributed by atoms with Crippen LogP contribution in [0.4, 0.5) is 11.6 Å². The molecule has 3 N–H and O–H groups in total. The van der Waals surface area contributed by atoms with Crippen LogP contribution in [0, 0.1) is 10.1 Å². The molecule has 3 rings (SSSR count). The second-order valence-corrected chi connectivity index (χ2v) is 6.62. The van der Waals surface area contributed by atoms with E-state index >= 15 is 0 Å². The molecule has 0 bridgehead atoms. The number of nitrogens with two attached hydrogens (primary N) is 1. The summed E-state index contributed by atoms with van der Waals surface area (Å²) in [6, 6.07) is 13.5. The Bertz CT molecular complexity index is 975. The Hall–Kier alpha value is -3.11. The number of hydrazone groups is 1. The molecule has 0 saturated heterocycles. The number of nitrogens with one attached hydrogen (secondary N) is 1. The van der Waals surface area contributed by atoms with Gasteiger partial charge in [-0.1, -0.05) is 41.6 Å². The fourth-order valence-corrected chi connectivity index (χ4v) is 3.20. The lowest BCUT2D eigenvalue weighted by atomic mass is 10.2. The Labute approximate surface area is 163 Å². The number of hydrogen-bond acceptors (Lipinski definition) is 8. The van der Waals surface area contributed by atoms with Crippen LogP contribution in [0.25, 0.3) is 0 Å². The van der Waals surface area contributed by atoms with Gasteiger partial charge in [0.2, 0.25) is 5.16 Å². The van der Waals surface area contributed by atoms with Crippen LogP contribution in [0.3, 0.4) is 0 Å². The van der Waals surface area contributed by atoms with Crippen molar-refractivity contribution in [1.29, 1.82) is 0 Å². The summed E-state index contributed by atoms with van der Waals surface area (Å²) in [5.74, 6) is 6.82. The lowest BCUT2D eigenvalue weighted by Gasteiger charge is -2.04. The van der Waals surface area contributed by atoms with E-state index in [4.69, 9.17) is 17.4 Å². The van der Waals surface area contributed by atoms with Gasteiger partial charge in [-0.3, -0.25) is 10.1 Å². The predicted octanol–water partition coefficient (Wildman–Crippen LogP) is 3.29. The molecule has 0 radical (unpaired) electrons. The second-order valence-electron chi connectivity index (χ2n) is 5.27. The molecule has 2 aromatic carbocycles. The van der Waals surface area contributed by atoms with Crippen molar-refractivity contribution in [2.24, 2.45) is 5.10 Å². The van der Waals surface area contributed by atoms with E-state index in [1.807, 2.05) is 24.3 Å². The maximum Gasteiger partial charge on any atom is 0.269 e. The molecule has 11 heteroatoms. The van der Waals surface area contributed by atoms with Gasteiger partial charge in [0.1, 0.15) is 0 Å². The van der Waals surface area contributed by atoms with Gasteiger partial charge >= 0.3 is 0 Å². The maximum absolute atomic E-state index is 10.6. The van der Waals surface area contributed by atoms with E-state index in [9.17, 15) is 10.1 Å².